The van der Waals surface area contributed by atoms with Gasteiger partial charge in [0.1, 0.15) is 23.9 Å². The lowest BCUT2D eigenvalue weighted by Gasteiger charge is -2.11. The first kappa shape index (κ1) is 25.8. The molecule has 0 spiro atoms. The van der Waals surface area contributed by atoms with Crippen LogP contribution in [0.5, 0.6) is 0 Å². The summed E-state index contributed by atoms with van der Waals surface area (Å²) in [4.78, 5) is 17.0. The predicted molar refractivity (Wildman–Crippen MR) is 120 cm³/mol. The van der Waals surface area contributed by atoms with Gasteiger partial charge in [0, 0.05) is 18.5 Å². The number of rotatable bonds is 8. The van der Waals surface area contributed by atoms with Gasteiger partial charge in [-0.2, -0.15) is 18.3 Å². The molecule has 184 valence electrons. The van der Waals surface area contributed by atoms with Crippen LogP contribution in [0.2, 0.25) is 5.02 Å². The van der Waals surface area contributed by atoms with E-state index in [0.717, 1.165) is 10.9 Å². The lowest BCUT2D eigenvalue weighted by molar-refractivity contribution is -0.146. The highest BCUT2D eigenvalue weighted by molar-refractivity contribution is 7.90. The van der Waals surface area contributed by atoms with E-state index in [4.69, 9.17) is 16.3 Å². The molecule has 1 N–H and O–H groups in total. The summed E-state index contributed by atoms with van der Waals surface area (Å²) < 4.78 is 70.0. The van der Waals surface area contributed by atoms with Crippen molar-refractivity contribution in [2.45, 2.75) is 17.6 Å². The van der Waals surface area contributed by atoms with Gasteiger partial charge in [-0.05, 0) is 43.9 Å². The molecule has 34 heavy (non-hydrogen) atoms. The van der Waals surface area contributed by atoms with E-state index in [0.29, 0.717) is 17.8 Å². The summed E-state index contributed by atoms with van der Waals surface area (Å²) in [5, 5.41) is 2.84. The van der Waals surface area contributed by atoms with Gasteiger partial charge in [0.05, 0.1) is 10.6 Å². The van der Waals surface area contributed by atoms with Crippen molar-refractivity contribution >= 4 is 27.4 Å². The zero-order valence-electron chi connectivity index (χ0n) is 18.5. The summed E-state index contributed by atoms with van der Waals surface area (Å²) in [6, 6.07) is 9.10. The van der Waals surface area contributed by atoms with Gasteiger partial charge in [-0.15, -0.1) is 0 Å². The zero-order chi connectivity index (χ0) is 25.3. The van der Waals surface area contributed by atoms with E-state index in [1.807, 2.05) is 0 Å². The van der Waals surface area contributed by atoms with Gasteiger partial charge in [0.2, 0.25) is 0 Å². The van der Waals surface area contributed by atoms with E-state index < -0.39 is 39.2 Å². The first-order valence-corrected chi connectivity index (χ1v) is 12.2. The average Bonchev–Trinajstić information content (AvgIpc) is 3.31. The van der Waals surface area contributed by atoms with E-state index in [1.165, 1.54) is 18.2 Å². The fraction of sp³-hybridized carbons (Fsp3) is 0.333. The minimum atomic E-state index is -4.84. The van der Waals surface area contributed by atoms with Gasteiger partial charge in [0.15, 0.2) is 15.5 Å². The number of aromatic nitrogens is 3. The Morgan fingerprint density at radius 3 is 2.50 bits per heavy atom. The van der Waals surface area contributed by atoms with Crippen LogP contribution < -0.4 is 0 Å². The second kappa shape index (κ2) is 9.80. The van der Waals surface area contributed by atoms with Crippen molar-refractivity contribution < 1.29 is 31.1 Å². The van der Waals surface area contributed by atoms with Crippen LogP contribution in [0.15, 0.2) is 41.3 Å². The molecule has 2 heterocycles. The molecule has 0 bridgehead atoms. The van der Waals surface area contributed by atoms with Gasteiger partial charge in [0.25, 0.3) is 0 Å². The molecule has 0 unspecified atom stereocenters. The Hall–Kier alpha value is -2.83. The van der Waals surface area contributed by atoms with Gasteiger partial charge >= 0.3 is 12.1 Å². The first-order valence-electron chi connectivity index (χ1n) is 9.91. The highest BCUT2D eigenvalue weighted by Crippen LogP contribution is 2.40. The number of carbonyl (C=O) groups excluding carboxylic acids is 1. The molecule has 0 saturated carbocycles. The molecule has 0 atom stereocenters. The molecule has 0 saturated heterocycles. The fourth-order valence-corrected chi connectivity index (χ4v) is 4.11. The molecule has 0 aliphatic heterocycles. The fourth-order valence-electron chi connectivity index (χ4n) is 3.10. The van der Waals surface area contributed by atoms with Crippen molar-refractivity contribution in [3.8, 4) is 22.6 Å². The van der Waals surface area contributed by atoms with Crippen molar-refractivity contribution in [1.29, 1.82) is 0 Å². The standard InChI is InChI=1S/C21H22ClF3N4O4S/c1-28(2)9-10-33-17(30)12-29-19(18(22)20(27-29)21(23,24)25)16-8-7-15(26-16)13-5-4-6-14(11-13)34(3,31)32/h4-8,11,26H,9-10,12H2,1-3H3. The third kappa shape index (κ3) is 5.99. The Morgan fingerprint density at radius 1 is 1.21 bits per heavy atom. The van der Waals surface area contributed by atoms with Crippen LogP contribution in [-0.4, -0.2) is 67.6 Å². The first-order chi connectivity index (χ1) is 15.8. The number of carbonyl (C=O) groups is 1. The maximum atomic E-state index is 13.5. The quantitative estimate of drug-likeness (QED) is 0.456. The number of likely N-dealkylation sites (N-methyl/N-ethyl adjacent to an activating group) is 1. The Morgan fingerprint density at radius 2 is 1.88 bits per heavy atom. The van der Waals surface area contributed by atoms with E-state index in [2.05, 4.69) is 10.1 Å². The number of halogens is 4. The van der Waals surface area contributed by atoms with E-state index in [-0.39, 0.29) is 22.9 Å². The molecule has 0 fully saturated rings. The zero-order valence-corrected chi connectivity index (χ0v) is 20.1. The molecule has 0 aliphatic rings. The Balaban J connectivity index is 1.99. The summed E-state index contributed by atoms with van der Waals surface area (Å²) >= 11 is 6.06. The number of nitrogens with one attached hydrogen (secondary N) is 1. The molecule has 13 heteroatoms. The molecule has 0 amide bonds. The summed E-state index contributed by atoms with van der Waals surface area (Å²) in [5.41, 5.74) is -0.389. The van der Waals surface area contributed by atoms with Crippen LogP contribution in [0.3, 0.4) is 0 Å². The molecule has 3 aromatic rings. The Bertz CT molecular complexity index is 1300. The van der Waals surface area contributed by atoms with Crippen LogP contribution in [0, 0.1) is 0 Å². The maximum Gasteiger partial charge on any atom is 0.436 e. The largest absolute Gasteiger partial charge is 0.463 e. The van der Waals surface area contributed by atoms with E-state index in [9.17, 15) is 26.4 Å². The molecule has 0 radical (unpaired) electrons. The van der Waals surface area contributed by atoms with Gasteiger partial charge in [-0.25, -0.2) is 13.1 Å². The molecular weight excluding hydrogens is 497 g/mol. The van der Waals surface area contributed by atoms with Crippen molar-refractivity contribution in [1.82, 2.24) is 19.7 Å². The third-order valence-electron chi connectivity index (χ3n) is 4.76. The number of alkyl halides is 3. The second-order valence-electron chi connectivity index (χ2n) is 7.78. The molecule has 1 aromatic carbocycles. The lowest BCUT2D eigenvalue weighted by atomic mass is 10.2. The molecule has 3 rings (SSSR count). The van der Waals surface area contributed by atoms with Crippen LogP contribution in [0.25, 0.3) is 22.6 Å². The van der Waals surface area contributed by atoms with Crippen LogP contribution in [0.1, 0.15) is 5.69 Å². The third-order valence-corrected chi connectivity index (χ3v) is 6.23. The topological polar surface area (TPSA) is 97.3 Å². The number of hydrogen-bond donors (Lipinski definition) is 1. The van der Waals surface area contributed by atoms with Crippen molar-refractivity contribution in [2.75, 3.05) is 33.5 Å². The average molecular weight is 519 g/mol. The van der Waals surface area contributed by atoms with Crippen LogP contribution in [-0.2, 0) is 32.1 Å². The summed E-state index contributed by atoms with van der Waals surface area (Å²) in [5.74, 6) is -0.774. The number of nitrogens with zero attached hydrogens (tertiary/aromatic N) is 3. The molecular formula is C21H22ClF3N4O4S. The SMILES string of the molecule is CN(C)CCOC(=O)Cn1nc(C(F)(F)F)c(Cl)c1-c1ccc(-c2cccc(S(C)(=O)=O)c2)[nH]1. The van der Waals surface area contributed by atoms with Crippen LogP contribution >= 0.6 is 11.6 Å². The van der Waals surface area contributed by atoms with Crippen molar-refractivity contribution in [3.05, 3.63) is 47.1 Å². The van der Waals surface area contributed by atoms with E-state index in [1.54, 1.807) is 37.2 Å². The summed E-state index contributed by atoms with van der Waals surface area (Å²) in [7, 11) is 0.102. The van der Waals surface area contributed by atoms with Gasteiger partial charge < -0.3 is 14.6 Å². The minimum absolute atomic E-state index is 0.0611. The normalized spacial score (nSPS) is 12.4. The highest BCUT2D eigenvalue weighted by Gasteiger charge is 2.39. The molecule has 2 aromatic heterocycles. The van der Waals surface area contributed by atoms with Gasteiger partial charge in [-0.1, -0.05) is 23.7 Å². The minimum Gasteiger partial charge on any atom is -0.463 e. The number of benzene rings is 1. The maximum absolute atomic E-state index is 13.5. The monoisotopic (exact) mass is 518 g/mol. The van der Waals surface area contributed by atoms with E-state index >= 15 is 0 Å². The van der Waals surface area contributed by atoms with Crippen molar-refractivity contribution in [3.63, 3.8) is 0 Å². The predicted octanol–water partition coefficient (Wildman–Crippen LogP) is 3.73. The number of aromatic amines is 1. The summed E-state index contributed by atoms with van der Waals surface area (Å²) in [6.45, 7) is -0.0824. The number of sulfone groups is 1. The smallest absolute Gasteiger partial charge is 0.436 e. The number of hydrogen-bond acceptors (Lipinski definition) is 6. The highest BCUT2D eigenvalue weighted by atomic mass is 35.5. The molecule has 8 nitrogen and oxygen atoms in total. The van der Waals surface area contributed by atoms with Crippen LogP contribution in [0.4, 0.5) is 13.2 Å². The Labute approximate surface area is 199 Å². The summed E-state index contributed by atoms with van der Waals surface area (Å²) in [6.07, 6.45) is -3.77. The number of H-pyrrole nitrogens is 1. The lowest BCUT2D eigenvalue weighted by Crippen LogP contribution is -2.22. The number of esters is 1. The number of ether oxygens (including phenoxy) is 1. The molecule has 0 aliphatic carbocycles. The van der Waals surface area contributed by atoms with Crippen molar-refractivity contribution in [2.24, 2.45) is 0 Å². The second-order valence-corrected chi connectivity index (χ2v) is 10.2. The Kier molecular flexibility index (Phi) is 7.44. The van der Waals surface area contributed by atoms with Gasteiger partial charge in [-0.3, -0.25) is 4.79 Å².